The van der Waals surface area contributed by atoms with Crippen molar-refractivity contribution in [2.75, 3.05) is 5.32 Å². The minimum Gasteiger partial charge on any atom is -0.444 e. The van der Waals surface area contributed by atoms with Gasteiger partial charge in [0.2, 0.25) is 0 Å². The van der Waals surface area contributed by atoms with Crippen molar-refractivity contribution in [3.05, 3.63) is 34.8 Å². The Labute approximate surface area is 133 Å². The Morgan fingerprint density at radius 1 is 1.27 bits per heavy atom. The Morgan fingerprint density at radius 2 is 2.09 bits per heavy atom. The number of carbonyl (C=O) groups is 1. The van der Waals surface area contributed by atoms with Gasteiger partial charge >= 0.3 is 6.01 Å². The predicted octanol–water partition coefficient (Wildman–Crippen LogP) is 3.12. The van der Waals surface area contributed by atoms with Crippen LogP contribution in [0.15, 0.2) is 37.9 Å². The van der Waals surface area contributed by atoms with E-state index in [9.17, 15) is 4.79 Å². The first-order valence-corrected chi connectivity index (χ1v) is 7.28. The second kappa shape index (κ2) is 5.76. The Hall–Kier alpha value is -2.42. The van der Waals surface area contributed by atoms with Gasteiger partial charge in [0.05, 0.1) is 0 Å². The number of nitrogens with zero attached hydrogens (tertiary/aromatic N) is 4. The number of rotatable bonds is 4. The van der Waals surface area contributed by atoms with Gasteiger partial charge in [-0.1, -0.05) is 5.10 Å². The van der Waals surface area contributed by atoms with Crippen LogP contribution in [0.4, 0.5) is 6.01 Å². The Morgan fingerprint density at radius 3 is 2.77 bits per heavy atom. The molecule has 1 N–H and O–H groups in total. The van der Waals surface area contributed by atoms with Gasteiger partial charge in [0, 0.05) is 12.2 Å². The minimum atomic E-state index is -0.474. The number of nitrogens with one attached hydrogen (secondary N) is 1. The van der Waals surface area contributed by atoms with Crippen LogP contribution in [0.1, 0.15) is 30.4 Å². The number of halogens is 1. The summed E-state index contributed by atoms with van der Waals surface area (Å²) in [5.74, 6) is -0.0563. The summed E-state index contributed by atoms with van der Waals surface area (Å²) in [5, 5.41) is 14.4. The van der Waals surface area contributed by atoms with Crippen LogP contribution in [-0.4, -0.2) is 25.9 Å². The lowest BCUT2D eigenvalue weighted by Crippen LogP contribution is -2.10. The highest BCUT2D eigenvalue weighted by molar-refractivity contribution is 9.10. The molecule has 3 rings (SSSR count). The van der Waals surface area contributed by atoms with Gasteiger partial charge in [0.15, 0.2) is 10.4 Å². The van der Waals surface area contributed by atoms with Crippen LogP contribution < -0.4 is 5.32 Å². The number of hydrogen-bond acceptors (Lipinski definition) is 6. The third kappa shape index (κ3) is 2.80. The molecule has 3 heterocycles. The summed E-state index contributed by atoms with van der Waals surface area (Å²) < 4.78 is 12.8. The SMILES string of the molecule is CC(C)n1nccc1-c1nnc(NC(=O)c2ccc(Br)o2)o1. The molecule has 0 radical (unpaired) electrons. The molecule has 3 aromatic heterocycles. The first kappa shape index (κ1) is 14.5. The van der Waals surface area contributed by atoms with Gasteiger partial charge in [-0.05, 0) is 48.0 Å². The van der Waals surface area contributed by atoms with Gasteiger partial charge in [0.25, 0.3) is 11.8 Å². The van der Waals surface area contributed by atoms with Crippen molar-refractivity contribution in [1.82, 2.24) is 20.0 Å². The Bertz CT molecular complexity index is 804. The van der Waals surface area contributed by atoms with E-state index < -0.39 is 5.91 Å². The van der Waals surface area contributed by atoms with E-state index >= 15 is 0 Å². The van der Waals surface area contributed by atoms with E-state index in [1.165, 1.54) is 6.07 Å². The monoisotopic (exact) mass is 365 g/mol. The molecule has 0 saturated heterocycles. The third-order valence-electron chi connectivity index (χ3n) is 2.82. The Balaban J connectivity index is 1.79. The molecule has 0 aromatic carbocycles. The number of amides is 1. The number of anilines is 1. The molecule has 22 heavy (non-hydrogen) atoms. The summed E-state index contributed by atoms with van der Waals surface area (Å²) in [6, 6.07) is 5.06. The van der Waals surface area contributed by atoms with Crippen molar-refractivity contribution in [2.45, 2.75) is 19.9 Å². The second-order valence-corrected chi connectivity index (χ2v) is 5.51. The van der Waals surface area contributed by atoms with Gasteiger partial charge in [-0.2, -0.15) is 5.10 Å². The molecule has 0 bridgehead atoms. The van der Waals surface area contributed by atoms with Crippen LogP contribution in [0, 0.1) is 0 Å². The van der Waals surface area contributed by atoms with Crippen molar-refractivity contribution in [1.29, 1.82) is 0 Å². The van der Waals surface area contributed by atoms with Crippen molar-refractivity contribution >= 4 is 27.9 Å². The van der Waals surface area contributed by atoms with Gasteiger partial charge in [-0.25, -0.2) is 0 Å². The molecule has 0 fully saturated rings. The quantitative estimate of drug-likeness (QED) is 0.762. The lowest BCUT2D eigenvalue weighted by molar-refractivity contribution is 0.0992. The molecule has 114 valence electrons. The van der Waals surface area contributed by atoms with Gasteiger partial charge in [-0.3, -0.25) is 14.8 Å². The molecule has 0 atom stereocenters. The molecule has 0 spiro atoms. The van der Waals surface area contributed by atoms with Crippen molar-refractivity contribution in [3.63, 3.8) is 0 Å². The molecule has 3 aromatic rings. The maximum atomic E-state index is 11.9. The summed E-state index contributed by atoms with van der Waals surface area (Å²) in [7, 11) is 0. The van der Waals surface area contributed by atoms with Gasteiger partial charge in [-0.15, -0.1) is 5.10 Å². The minimum absolute atomic E-state index is 0.0102. The van der Waals surface area contributed by atoms with E-state index in [2.05, 4.69) is 36.5 Å². The summed E-state index contributed by atoms with van der Waals surface area (Å²) in [6.07, 6.45) is 1.65. The lowest BCUT2D eigenvalue weighted by atomic mass is 10.3. The fourth-order valence-corrected chi connectivity index (χ4v) is 2.17. The molecular formula is C13H12BrN5O3. The number of aromatic nitrogens is 4. The van der Waals surface area contributed by atoms with Crippen LogP contribution in [0.5, 0.6) is 0 Å². The van der Waals surface area contributed by atoms with E-state index in [0.29, 0.717) is 10.4 Å². The summed E-state index contributed by atoms with van der Waals surface area (Å²) in [4.78, 5) is 11.9. The largest absolute Gasteiger partial charge is 0.444 e. The van der Waals surface area contributed by atoms with Gasteiger partial charge in [0.1, 0.15) is 5.69 Å². The standard InChI is InChI=1S/C13H12BrN5O3/c1-7(2)19-8(5-6-15-19)12-17-18-13(22-12)16-11(20)9-3-4-10(14)21-9/h3-7H,1-2H3,(H,16,18,20). The summed E-state index contributed by atoms with van der Waals surface area (Å²) >= 11 is 3.13. The average molecular weight is 366 g/mol. The molecule has 0 aliphatic carbocycles. The highest BCUT2D eigenvalue weighted by Crippen LogP contribution is 2.22. The number of furan rings is 1. The predicted molar refractivity (Wildman–Crippen MR) is 80.3 cm³/mol. The first-order chi connectivity index (χ1) is 10.5. The molecule has 0 aliphatic rings. The number of carbonyl (C=O) groups excluding carboxylic acids is 1. The average Bonchev–Trinajstić information content (AvgIpc) is 3.16. The molecule has 8 nitrogen and oxygen atoms in total. The molecule has 0 aliphatic heterocycles. The molecule has 9 heteroatoms. The summed E-state index contributed by atoms with van der Waals surface area (Å²) in [5.41, 5.74) is 0.684. The summed E-state index contributed by atoms with van der Waals surface area (Å²) in [6.45, 7) is 3.98. The van der Waals surface area contributed by atoms with Crippen molar-refractivity contribution in [2.24, 2.45) is 0 Å². The molecule has 0 unspecified atom stereocenters. The highest BCUT2D eigenvalue weighted by atomic mass is 79.9. The van der Waals surface area contributed by atoms with Gasteiger partial charge < -0.3 is 8.83 Å². The maximum absolute atomic E-state index is 11.9. The first-order valence-electron chi connectivity index (χ1n) is 6.48. The van der Waals surface area contributed by atoms with Crippen LogP contribution in [0.25, 0.3) is 11.6 Å². The van der Waals surface area contributed by atoms with Crippen molar-refractivity contribution < 1.29 is 13.6 Å². The van der Waals surface area contributed by atoms with E-state index in [0.717, 1.165) is 0 Å². The second-order valence-electron chi connectivity index (χ2n) is 4.73. The highest BCUT2D eigenvalue weighted by Gasteiger charge is 2.18. The zero-order valence-corrected chi connectivity index (χ0v) is 13.4. The van der Waals surface area contributed by atoms with Crippen LogP contribution in [0.2, 0.25) is 0 Å². The maximum Gasteiger partial charge on any atom is 0.322 e. The fourth-order valence-electron chi connectivity index (χ4n) is 1.87. The molecule has 1 amide bonds. The van der Waals surface area contributed by atoms with E-state index in [-0.39, 0.29) is 23.7 Å². The zero-order valence-electron chi connectivity index (χ0n) is 11.8. The number of hydrogen-bond donors (Lipinski definition) is 1. The Kier molecular flexibility index (Phi) is 3.80. The van der Waals surface area contributed by atoms with Crippen LogP contribution in [0.3, 0.4) is 0 Å². The van der Waals surface area contributed by atoms with Crippen LogP contribution in [-0.2, 0) is 0 Å². The fraction of sp³-hybridized carbons (Fsp3) is 0.231. The van der Waals surface area contributed by atoms with E-state index in [1.54, 1.807) is 23.0 Å². The van der Waals surface area contributed by atoms with E-state index in [1.807, 2.05) is 13.8 Å². The molecule has 0 saturated carbocycles. The van der Waals surface area contributed by atoms with E-state index in [4.69, 9.17) is 8.83 Å². The zero-order chi connectivity index (χ0) is 15.7. The smallest absolute Gasteiger partial charge is 0.322 e. The molecular weight excluding hydrogens is 354 g/mol. The lowest BCUT2D eigenvalue weighted by Gasteiger charge is -2.07. The van der Waals surface area contributed by atoms with Crippen molar-refractivity contribution in [3.8, 4) is 11.6 Å². The normalized spacial score (nSPS) is 11.1. The topological polar surface area (TPSA) is 99.0 Å². The van der Waals surface area contributed by atoms with Crippen LogP contribution >= 0.6 is 15.9 Å². The third-order valence-corrected chi connectivity index (χ3v) is 3.25.